The quantitative estimate of drug-likeness (QED) is 0.842. The van der Waals surface area contributed by atoms with Crippen LogP contribution in [0.1, 0.15) is 18.9 Å². The van der Waals surface area contributed by atoms with Gasteiger partial charge in [-0.1, -0.05) is 0 Å². The fourth-order valence-electron chi connectivity index (χ4n) is 1.40. The molecule has 0 spiro atoms. The van der Waals surface area contributed by atoms with Gasteiger partial charge in [0.2, 0.25) is 10.0 Å². The molecule has 0 aliphatic heterocycles. The molecule has 0 aromatic heterocycles. The Morgan fingerprint density at radius 2 is 2.00 bits per heavy atom. The van der Waals surface area contributed by atoms with E-state index < -0.39 is 10.0 Å². The summed E-state index contributed by atoms with van der Waals surface area (Å²) in [5.74, 6) is 0. The number of hydrogen-bond acceptors (Lipinski definition) is 4. The molecule has 0 heterocycles. The first-order chi connectivity index (χ1) is 8.49. The van der Waals surface area contributed by atoms with Crippen LogP contribution in [0, 0.1) is 11.3 Å². The number of nitriles is 1. The van der Waals surface area contributed by atoms with Gasteiger partial charge in [-0.25, -0.2) is 13.1 Å². The van der Waals surface area contributed by atoms with Gasteiger partial charge in [-0.05, 0) is 37.6 Å². The molecule has 6 heteroatoms. The maximum absolute atomic E-state index is 12.0. The van der Waals surface area contributed by atoms with E-state index in [1.54, 1.807) is 14.0 Å². The summed E-state index contributed by atoms with van der Waals surface area (Å²) in [5, 5.41) is 8.64. The van der Waals surface area contributed by atoms with Crippen molar-refractivity contribution in [1.29, 1.82) is 5.26 Å². The van der Waals surface area contributed by atoms with Crippen molar-refractivity contribution < 1.29 is 13.2 Å². The predicted octanol–water partition coefficient (Wildman–Crippen LogP) is 1.26. The van der Waals surface area contributed by atoms with Crippen molar-refractivity contribution in [3.05, 3.63) is 29.8 Å². The van der Waals surface area contributed by atoms with Gasteiger partial charge in [-0.2, -0.15) is 5.26 Å². The molecule has 18 heavy (non-hydrogen) atoms. The molecule has 0 fully saturated rings. The number of ether oxygens (including phenoxy) is 1. The van der Waals surface area contributed by atoms with E-state index >= 15 is 0 Å². The molecule has 1 aromatic carbocycles. The molecule has 0 amide bonds. The number of sulfonamides is 1. The molecule has 98 valence electrons. The molecule has 0 radical (unpaired) electrons. The maximum atomic E-state index is 12.0. The predicted molar refractivity (Wildman–Crippen MR) is 67.4 cm³/mol. The maximum Gasteiger partial charge on any atom is 0.240 e. The molecule has 0 aliphatic carbocycles. The van der Waals surface area contributed by atoms with Crippen molar-refractivity contribution in [2.45, 2.75) is 24.3 Å². The van der Waals surface area contributed by atoms with Crippen LogP contribution in [0.15, 0.2) is 29.2 Å². The Labute approximate surface area is 107 Å². The summed E-state index contributed by atoms with van der Waals surface area (Å²) in [6.07, 6.45) is 0.603. The zero-order valence-corrected chi connectivity index (χ0v) is 11.2. The Morgan fingerprint density at radius 3 is 2.50 bits per heavy atom. The number of methoxy groups -OCH3 is 1. The average molecular weight is 268 g/mol. The molecule has 0 saturated heterocycles. The lowest BCUT2D eigenvalue weighted by atomic mass is 10.2. The zero-order chi connectivity index (χ0) is 13.6. The van der Waals surface area contributed by atoms with E-state index in [0.29, 0.717) is 18.6 Å². The molecular formula is C12H16N2O3S. The molecule has 1 N–H and O–H groups in total. The highest BCUT2D eigenvalue weighted by Crippen LogP contribution is 2.11. The Kier molecular flexibility index (Phi) is 5.28. The highest BCUT2D eigenvalue weighted by atomic mass is 32.2. The standard InChI is InChI=1S/C12H16N2O3S/c1-10(7-8-17-2)14-18(15,16)12-5-3-11(9-13)4-6-12/h3-6,10,14H,7-8H2,1-2H3. The molecule has 0 aliphatic rings. The normalized spacial score (nSPS) is 12.9. The van der Waals surface area contributed by atoms with Crippen molar-refractivity contribution in [2.75, 3.05) is 13.7 Å². The van der Waals surface area contributed by atoms with E-state index in [9.17, 15) is 8.42 Å². The van der Waals surface area contributed by atoms with Crippen LogP contribution in [0.5, 0.6) is 0 Å². The van der Waals surface area contributed by atoms with Crippen molar-refractivity contribution >= 4 is 10.0 Å². The lowest BCUT2D eigenvalue weighted by molar-refractivity contribution is 0.188. The highest BCUT2D eigenvalue weighted by molar-refractivity contribution is 7.89. The Balaban J connectivity index is 2.76. The van der Waals surface area contributed by atoms with Gasteiger partial charge in [0.25, 0.3) is 0 Å². The third-order valence-corrected chi connectivity index (χ3v) is 4.01. The second-order valence-corrected chi connectivity index (χ2v) is 5.65. The fraction of sp³-hybridized carbons (Fsp3) is 0.417. The second kappa shape index (κ2) is 6.50. The van der Waals surface area contributed by atoms with Crippen molar-refractivity contribution in [1.82, 2.24) is 4.72 Å². The zero-order valence-electron chi connectivity index (χ0n) is 10.4. The summed E-state index contributed by atoms with van der Waals surface area (Å²) in [4.78, 5) is 0.158. The number of nitrogens with one attached hydrogen (secondary N) is 1. The molecule has 1 aromatic rings. The van der Waals surface area contributed by atoms with Crippen LogP contribution >= 0.6 is 0 Å². The minimum absolute atomic E-state index is 0.158. The summed E-state index contributed by atoms with van der Waals surface area (Å²) in [6.45, 7) is 2.28. The molecule has 0 saturated carbocycles. The van der Waals surface area contributed by atoms with Crippen LogP contribution in [0.4, 0.5) is 0 Å². The van der Waals surface area contributed by atoms with Crippen LogP contribution in [-0.4, -0.2) is 28.2 Å². The van der Waals surface area contributed by atoms with Gasteiger partial charge in [0.05, 0.1) is 16.5 Å². The molecular weight excluding hydrogens is 252 g/mol. The fourth-order valence-corrected chi connectivity index (χ4v) is 2.67. The minimum Gasteiger partial charge on any atom is -0.385 e. The molecule has 1 atom stereocenters. The van der Waals surface area contributed by atoms with E-state index in [0.717, 1.165) is 0 Å². The van der Waals surface area contributed by atoms with Crippen LogP contribution in [-0.2, 0) is 14.8 Å². The smallest absolute Gasteiger partial charge is 0.240 e. The Morgan fingerprint density at radius 1 is 1.39 bits per heavy atom. The lowest BCUT2D eigenvalue weighted by Gasteiger charge is -2.13. The summed E-state index contributed by atoms with van der Waals surface area (Å²) in [6, 6.07) is 7.54. The summed E-state index contributed by atoms with van der Waals surface area (Å²) < 4.78 is 31.4. The van der Waals surface area contributed by atoms with Gasteiger partial charge in [-0.3, -0.25) is 0 Å². The Bertz CT molecular complexity index is 517. The first kappa shape index (κ1) is 14.6. The first-order valence-electron chi connectivity index (χ1n) is 5.51. The second-order valence-electron chi connectivity index (χ2n) is 3.94. The van der Waals surface area contributed by atoms with E-state index in [4.69, 9.17) is 10.00 Å². The summed E-state index contributed by atoms with van der Waals surface area (Å²) in [7, 11) is -1.96. The monoisotopic (exact) mass is 268 g/mol. The average Bonchev–Trinajstić information content (AvgIpc) is 2.36. The number of benzene rings is 1. The first-order valence-corrected chi connectivity index (χ1v) is 6.99. The van der Waals surface area contributed by atoms with E-state index in [1.807, 2.05) is 6.07 Å². The van der Waals surface area contributed by atoms with Crippen molar-refractivity contribution in [3.8, 4) is 6.07 Å². The van der Waals surface area contributed by atoms with E-state index in [2.05, 4.69) is 4.72 Å². The van der Waals surface area contributed by atoms with Gasteiger partial charge in [0.15, 0.2) is 0 Å². The third kappa shape index (κ3) is 4.11. The van der Waals surface area contributed by atoms with Gasteiger partial charge in [0.1, 0.15) is 0 Å². The van der Waals surface area contributed by atoms with Crippen LogP contribution in [0.2, 0.25) is 0 Å². The van der Waals surface area contributed by atoms with Crippen LogP contribution < -0.4 is 4.72 Å². The summed E-state index contributed by atoms with van der Waals surface area (Å²) >= 11 is 0. The van der Waals surface area contributed by atoms with E-state index in [1.165, 1.54) is 24.3 Å². The number of nitrogens with zero attached hydrogens (tertiary/aromatic N) is 1. The SMILES string of the molecule is COCCC(C)NS(=O)(=O)c1ccc(C#N)cc1. The highest BCUT2D eigenvalue weighted by Gasteiger charge is 2.16. The third-order valence-electron chi connectivity index (χ3n) is 2.41. The molecule has 1 unspecified atom stereocenters. The largest absolute Gasteiger partial charge is 0.385 e. The van der Waals surface area contributed by atoms with Crippen molar-refractivity contribution in [3.63, 3.8) is 0 Å². The number of rotatable bonds is 6. The van der Waals surface area contributed by atoms with Gasteiger partial charge in [-0.15, -0.1) is 0 Å². The molecule has 0 bridgehead atoms. The topological polar surface area (TPSA) is 79.2 Å². The lowest BCUT2D eigenvalue weighted by Crippen LogP contribution is -2.33. The number of hydrogen-bond donors (Lipinski definition) is 1. The van der Waals surface area contributed by atoms with Gasteiger partial charge < -0.3 is 4.74 Å². The summed E-state index contributed by atoms with van der Waals surface area (Å²) in [5.41, 5.74) is 0.432. The molecule has 1 rings (SSSR count). The Hall–Kier alpha value is -1.42. The van der Waals surface area contributed by atoms with Gasteiger partial charge >= 0.3 is 0 Å². The van der Waals surface area contributed by atoms with E-state index in [-0.39, 0.29) is 10.9 Å². The minimum atomic E-state index is -3.53. The van der Waals surface area contributed by atoms with Crippen molar-refractivity contribution in [2.24, 2.45) is 0 Å². The van der Waals surface area contributed by atoms with Gasteiger partial charge in [0, 0.05) is 19.8 Å². The molecule has 5 nitrogen and oxygen atoms in total. The van der Waals surface area contributed by atoms with Crippen LogP contribution in [0.25, 0.3) is 0 Å². The van der Waals surface area contributed by atoms with Crippen LogP contribution in [0.3, 0.4) is 0 Å².